The third-order valence-electron chi connectivity index (χ3n) is 0.791. The zero-order valence-electron chi connectivity index (χ0n) is 5.78. The number of nitrogens with two attached hydrogens (primary N) is 1. The summed E-state index contributed by atoms with van der Waals surface area (Å²) in [6.07, 6.45) is 2.69. The van der Waals surface area contributed by atoms with Crippen LogP contribution in [0, 0.1) is 22.7 Å². The third kappa shape index (κ3) is 2.83. The number of rotatable bonds is 2. The van der Waals surface area contributed by atoms with Gasteiger partial charge < -0.3 is 5.73 Å². The summed E-state index contributed by atoms with van der Waals surface area (Å²) in [4.78, 5) is 3.56. The molecular weight excluding hydrogens is 140 g/mol. The summed E-state index contributed by atoms with van der Waals surface area (Å²) < 4.78 is 0. The maximum Gasteiger partial charge on any atom is 0.174 e. The van der Waals surface area contributed by atoms with E-state index < -0.39 is 0 Å². The molecule has 0 fully saturated rings. The van der Waals surface area contributed by atoms with Crippen molar-refractivity contribution in [3.05, 3.63) is 24.0 Å². The standard InChI is InChI=1S/C7H6N4/c1-2-3-11-7(5-9)6(10)4-8/h2-3H,1,10H2/b7-6-,11-3+. The highest BCUT2D eigenvalue weighted by molar-refractivity contribution is 5.72. The SMILES string of the molecule is C=C/C=N/C(C#N)=C(\N)C#N. The monoisotopic (exact) mass is 146 g/mol. The zero-order valence-corrected chi connectivity index (χ0v) is 5.78. The van der Waals surface area contributed by atoms with Crippen molar-refractivity contribution in [1.82, 2.24) is 0 Å². The molecule has 0 aromatic heterocycles. The highest BCUT2D eigenvalue weighted by Crippen LogP contribution is 1.96. The van der Waals surface area contributed by atoms with E-state index in [4.69, 9.17) is 16.3 Å². The molecule has 0 aliphatic rings. The van der Waals surface area contributed by atoms with Crippen LogP contribution in [0.25, 0.3) is 0 Å². The van der Waals surface area contributed by atoms with Gasteiger partial charge in [-0.2, -0.15) is 10.5 Å². The lowest BCUT2D eigenvalue weighted by Gasteiger charge is -1.86. The molecule has 2 N–H and O–H groups in total. The largest absolute Gasteiger partial charge is 0.388 e. The van der Waals surface area contributed by atoms with E-state index >= 15 is 0 Å². The maximum atomic E-state index is 8.37. The number of aliphatic imine (C=N–C) groups is 1. The molecule has 0 atom stereocenters. The molecule has 0 unspecified atom stereocenters. The van der Waals surface area contributed by atoms with E-state index in [0.29, 0.717) is 0 Å². The van der Waals surface area contributed by atoms with Crippen LogP contribution in [0.2, 0.25) is 0 Å². The van der Waals surface area contributed by atoms with Crippen molar-refractivity contribution in [2.45, 2.75) is 0 Å². The van der Waals surface area contributed by atoms with Gasteiger partial charge in [0, 0.05) is 6.21 Å². The molecule has 0 spiro atoms. The molecule has 4 nitrogen and oxygen atoms in total. The Kier molecular flexibility index (Phi) is 3.88. The first-order valence-corrected chi connectivity index (χ1v) is 2.71. The van der Waals surface area contributed by atoms with Gasteiger partial charge in [0.2, 0.25) is 0 Å². The van der Waals surface area contributed by atoms with Crippen LogP contribution < -0.4 is 5.73 Å². The first-order valence-electron chi connectivity index (χ1n) is 2.71. The van der Waals surface area contributed by atoms with Gasteiger partial charge in [0.15, 0.2) is 5.70 Å². The average molecular weight is 146 g/mol. The van der Waals surface area contributed by atoms with E-state index in [0.717, 1.165) is 0 Å². The van der Waals surface area contributed by atoms with Crippen LogP contribution >= 0.6 is 0 Å². The van der Waals surface area contributed by atoms with Crippen molar-refractivity contribution in [1.29, 1.82) is 10.5 Å². The quantitative estimate of drug-likeness (QED) is 0.453. The number of allylic oxidation sites excluding steroid dienone is 3. The predicted octanol–water partition coefficient (Wildman–Crippen LogP) is 0.461. The Balaban J connectivity index is 4.74. The van der Waals surface area contributed by atoms with E-state index in [9.17, 15) is 0 Å². The van der Waals surface area contributed by atoms with Gasteiger partial charge >= 0.3 is 0 Å². The molecule has 0 rings (SSSR count). The molecular formula is C7H6N4. The lowest BCUT2D eigenvalue weighted by atomic mass is 10.4. The van der Waals surface area contributed by atoms with Crippen molar-refractivity contribution >= 4 is 6.21 Å². The topological polar surface area (TPSA) is 86.0 Å². The second kappa shape index (κ2) is 4.78. The summed E-state index contributed by atoms with van der Waals surface area (Å²) >= 11 is 0. The lowest BCUT2D eigenvalue weighted by molar-refractivity contribution is 1.27. The van der Waals surface area contributed by atoms with E-state index in [-0.39, 0.29) is 11.4 Å². The Morgan fingerprint density at radius 1 is 1.45 bits per heavy atom. The summed E-state index contributed by atoms with van der Waals surface area (Å²) in [6, 6.07) is 3.29. The van der Waals surface area contributed by atoms with E-state index in [1.807, 2.05) is 0 Å². The highest BCUT2D eigenvalue weighted by atomic mass is 14.8. The molecule has 0 aromatic rings. The Hall–Kier alpha value is -2.07. The van der Waals surface area contributed by atoms with Crippen molar-refractivity contribution in [2.24, 2.45) is 10.7 Å². The normalized spacial score (nSPS) is 11.5. The molecule has 0 aromatic carbocycles. The van der Waals surface area contributed by atoms with Crippen molar-refractivity contribution in [2.75, 3.05) is 0 Å². The zero-order chi connectivity index (χ0) is 8.69. The van der Waals surface area contributed by atoms with Gasteiger partial charge in [-0.25, -0.2) is 4.99 Å². The van der Waals surface area contributed by atoms with E-state index in [1.54, 1.807) is 12.1 Å². The molecule has 0 aliphatic carbocycles. The molecule has 0 radical (unpaired) electrons. The molecule has 4 heteroatoms. The summed E-state index contributed by atoms with van der Waals surface area (Å²) in [6.45, 7) is 3.35. The van der Waals surface area contributed by atoms with Gasteiger partial charge in [-0.1, -0.05) is 12.7 Å². The molecule has 54 valence electrons. The van der Waals surface area contributed by atoms with Crippen molar-refractivity contribution in [3.63, 3.8) is 0 Å². The highest BCUT2D eigenvalue weighted by Gasteiger charge is 1.96. The number of hydrogen-bond donors (Lipinski definition) is 1. The Morgan fingerprint density at radius 2 is 2.09 bits per heavy atom. The molecule has 0 aliphatic heterocycles. The van der Waals surface area contributed by atoms with E-state index in [1.165, 1.54) is 12.3 Å². The van der Waals surface area contributed by atoms with Crippen LogP contribution in [-0.2, 0) is 0 Å². The minimum Gasteiger partial charge on any atom is -0.388 e. The fraction of sp³-hybridized carbons (Fsp3) is 0. The molecule has 0 saturated carbocycles. The molecule has 0 amide bonds. The summed E-state index contributed by atoms with van der Waals surface area (Å²) in [5.74, 6) is 0. The van der Waals surface area contributed by atoms with Crippen LogP contribution in [-0.4, -0.2) is 6.21 Å². The number of hydrogen-bond acceptors (Lipinski definition) is 4. The Bertz CT molecular complexity index is 285. The smallest absolute Gasteiger partial charge is 0.174 e. The summed E-state index contributed by atoms with van der Waals surface area (Å²) in [7, 11) is 0. The van der Waals surface area contributed by atoms with Crippen LogP contribution in [0.15, 0.2) is 29.0 Å². The Morgan fingerprint density at radius 3 is 2.45 bits per heavy atom. The molecule has 11 heavy (non-hydrogen) atoms. The fourth-order valence-corrected chi connectivity index (χ4v) is 0.339. The van der Waals surface area contributed by atoms with E-state index in [2.05, 4.69) is 11.6 Å². The second-order valence-electron chi connectivity index (χ2n) is 1.50. The van der Waals surface area contributed by atoms with Gasteiger partial charge in [0.25, 0.3) is 0 Å². The lowest BCUT2D eigenvalue weighted by Crippen LogP contribution is -1.96. The molecule has 0 heterocycles. The number of nitriles is 2. The molecule has 0 bridgehead atoms. The van der Waals surface area contributed by atoms with Crippen LogP contribution in [0.5, 0.6) is 0 Å². The summed E-state index contributed by atoms with van der Waals surface area (Å²) in [5.41, 5.74) is 4.84. The third-order valence-corrected chi connectivity index (χ3v) is 0.791. The van der Waals surface area contributed by atoms with Crippen molar-refractivity contribution in [3.8, 4) is 12.1 Å². The predicted molar refractivity (Wildman–Crippen MR) is 41.1 cm³/mol. The van der Waals surface area contributed by atoms with Gasteiger partial charge in [0.1, 0.15) is 17.8 Å². The van der Waals surface area contributed by atoms with Crippen LogP contribution in [0.4, 0.5) is 0 Å². The van der Waals surface area contributed by atoms with Gasteiger partial charge in [0.05, 0.1) is 0 Å². The van der Waals surface area contributed by atoms with Crippen LogP contribution in [0.3, 0.4) is 0 Å². The van der Waals surface area contributed by atoms with Gasteiger partial charge in [-0.3, -0.25) is 0 Å². The van der Waals surface area contributed by atoms with Gasteiger partial charge in [-0.15, -0.1) is 0 Å². The van der Waals surface area contributed by atoms with Crippen LogP contribution in [0.1, 0.15) is 0 Å². The Labute approximate surface area is 64.6 Å². The number of nitrogens with zero attached hydrogens (tertiary/aromatic N) is 3. The first kappa shape index (κ1) is 8.93. The average Bonchev–Trinajstić information content (AvgIpc) is 2.05. The first-order chi connectivity index (χ1) is 5.26. The molecule has 0 saturated heterocycles. The van der Waals surface area contributed by atoms with Crippen molar-refractivity contribution < 1.29 is 0 Å². The summed E-state index contributed by atoms with van der Waals surface area (Å²) in [5, 5.41) is 16.6. The van der Waals surface area contributed by atoms with Gasteiger partial charge in [-0.05, 0) is 0 Å². The second-order valence-corrected chi connectivity index (χ2v) is 1.50. The minimum absolute atomic E-state index is 0.0904. The minimum atomic E-state index is -0.189. The fourth-order valence-electron chi connectivity index (χ4n) is 0.339. The maximum absolute atomic E-state index is 8.37.